The van der Waals surface area contributed by atoms with Gasteiger partial charge in [-0.15, -0.1) is 0 Å². The van der Waals surface area contributed by atoms with Gasteiger partial charge in [0.15, 0.2) is 0 Å². The quantitative estimate of drug-likeness (QED) is 0.0959. The van der Waals surface area contributed by atoms with E-state index in [-0.39, 0.29) is 0 Å². The van der Waals surface area contributed by atoms with E-state index < -0.39 is 8.88 Å². The fourth-order valence-corrected chi connectivity index (χ4v) is 12.9. The molecule has 6 aromatic rings. The van der Waals surface area contributed by atoms with Gasteiger partial charge in [-0.1, -0.05) is 97.1 Å². The van der Waals surface area contributed by atoms with Gasteiger partial charge in [0.25, 0.3) is 0 Å². The van der Waals surface area contributed by atoms with Gasteiger partial charge in [0, 0.05) is 79.0 Å². The van der Waals surface area contributed by atoms with Gasteiger partial charge in [-0.05, 0) is 91.5 Å². The monoisotopic (exact) mass is 826 g/mol. The third-order valence-corrected chi connectivity index (χ3v) is 15.7. The van der Waals surface area contributed by atoms with Gasteiger partial charge in [0.2, 0.25) is 0 Å². The average molecular weight is 827 g/mol. The molecule has 4 aliphatic heterocycles. The van der Waals surface area contributed by atoms with Crippen LogP contribution in [-0.2, 0) is 8.85 Å². The first-order valence-corrected chi connectivity index (χ1v) is 23.4. The van der Waals surface area contributed by atoms with Crippen LogP contribution in [0.3, 0.4) is 0 Å². The topological polar surface area (TPSA) is 83.6 Å². The first-order chi connectivity index (χ1) is 30.0. The Morgan fingerprint density at radius 1 is 0.508 bits per heavy atom. The summed E-state index contributed by atoms with van der Waals surface area (Å²) in [5.41, 5.74) is 10.2. The molecule has 4 aliphatic rings. The third kappa shape index (κ3) is 7.00. The molecule has 2 aromatic heterocycles. The standard InChI is InChI=1S/C50H54N8O2Si/c1-51-23-13-25-55(3)27-29-59-61(60-30-28-56(4)26-14-24-52-2)57-47-31-43-35-15-5-6-16-36(35)44(53-43)32-48-41-21-11-12-22-42(41)50(58(48)61)34-46-38-18-8-7-17-37(38)45(54-46)33-49(57)40-20-10-9-19-39(40)47/h5-12,15-22,31-34,51-52H,13-14,23-30H2,1-4H3. The summed E-state index contributed by atoms with van der Waals surface area (Å²) in [6, 6.07) is 34.8. The number of fused-ring (bicyclic) bond motifs is 14. The smallest absolute Gasteiger partial charge is 0.360 e. The number of rotatable bonds is 16. The lowest BCUT2D eigenvalue weighted by Crippen LogP contribution is -2.65. The van der Waals surface area contributed by atoms with Crippen molar-refractivity contribution in [3.8, 4) is 0 Å². The SMILES string of the molecule is CNCCCN(C)CCO[Si]1(OCCN(C)CCCNC)n2c3c4ccccc4c2C=C2N=C(C=c4c5ccccc5c(n41)=CC1=NC(=C3)c3ccccc31)c1ccccc12. The summed E-state index contributed by atoms with van der Waals surface area (Å²) in [5.74, 6) is 0. The molecule has 310 valence electrons. The van der Waals surface area contributed by atoms with E-state index >= 15 is 0 Å². The maximum atomic E-state index is 7.84. The second kappa shape index (κ2) is 16.7. The van der Waals surface area contributed by atoms with Crippen LogP contribution in [-0.4, -0.2) is 119 Å². The molecule has 10 nitrogen and oxygen atoms in total. The van der Waals surface area contributed by atoms with Gasteiger partial charge in [0.05, 0.1) is 36.0 Å². The number of aliphatic imine (C=N–C) groups is 2. The van der Waals surface area contributed by atoms with Crippen LogP contribution < -0.4 is 21.3 Å². The summed E-state index contributed by atoms with van der Waals surface area (Å²) in [6.45, 7) is 6.28. The highest BCUT2D eigenvalue weighted by molar-refractivity contribution is 6.65. The highest BCUT2D eigenvalue weighted by Gasteiger charge is 2.51. The molecule has 11 heteroatoms. The van der Waals surface area contributed by atoms with Crippen LogP contribution in [0.25, 0.3) is 57.2 Å². The lowest BCUT2D eigenvalue weighted by molar-refractivity contribution is 0.121. The van der Waals surface area contributed by atoms with Crippen LogP contribution in [0.5, 0.6) is 0 Å². The van der Waals surface area contributed by atoms with Crippen LogP contribution in [0, 0.1) is 0 Å². The van der Waals surface area contributed by atoms with Gasteiger partial charge in [-0.2, -0.15) is 0 Å². The Bertz CT molecular complexity index is 2730. The van der Waals surface area contributed by atoms with Crippen LogP contribution >= 0.6 is 0 Å². The molecule has 0 unspecified atom stereocenters. The Hall–Kier alpha value is -5.50. The van der Waals surface area contributed by atoms with E-state index in [2.05, 4.69) is 164 Å². The highest BCUT2D eigenvalue weighted by Crippen LogP contribution is 2.40. The molecular weight excluding hydrogens is 773 g/mol. The normalized spacial score (nSPS) is 15.6. The summed E-state index contributed by atoms with van der Waals surface area (Å²) in [4.78, 5) is 15.7. The van der Waals surface area contributed by atoms with Crippen molar-refractivity contribution in [1.29, 1.82) is 0 Å². The maximum absolute atomic E-state index is 7.84. The van der Waals surface area contributed by atoms with Crippen LogP contribution in [0.1, 0.15) is 46.5 Å². The molecule has 0 saturated heterocycles. The van der Waals surface area contributed by atoms with Crippen LogP contribution in [0.2, 0.25) is 0 Å². The van der Waals surface area contributed by atoms with Gasteiger partial charge in [-0.25, -0.2) is 9.98 Å². The van der Waals surface area contributed by atoms with Crippen molar-refractivity contribution in [3.63, 3.8) is 0 Å². The van der Waals surface area contributed by atoms with E-state index in [1.54, 1.807) is 0 Å². The number of hydrogen-bond donors (Lipinski definition) is 2. The minimum Gasteiger partial charge on any atom is -0.360 e. The van der Waals surface area contributed by atoms with Crippen molar-refractivity contribution in [2.45, 2.75) is 12.8 Å². The minimum absolute atomic E-state index is 0.469. The van der Waals surface area contributed by atoms with E-state index in [1.807, 2.05) is 14.1 Å². The van der Waals surface area contributed by atoms with E-state index in [9.17, 15) is 0 Å². The summed E-state index contributed by atoms with van der Waals surface area (Å²) < 4.78 is 20.6. The molecule has 0 radical (unpaired) electrons. The second-order valence-corrected chi connectivity index (χ2v) is 19.1. The molecule has 6 heterocycles. The van der Waals surface area contributed by atoms with E-state index in [1.165, 1.54) is 0 Å². The molecule has 10 rings (SSSR count). The number of nitrogens with zero attached hydrogens (tertiary/aromatic N) is 6. The molecular formula is C50H54N8O2Si. The zero-order chi connectivity index (χ0) is 41.5. The average Bonchev–Trinajstić information content (AvgIpc) is 4.00. The van der Waals surface area contributed by atoms with Gasteiger partial charge in [0.1, 0.15) is 0 Å². The molecule has 4 aromatic carbocycles. The molecule has 0 spiro atoms. The van der Waals surface area contributed by atoms with Crippen molar-refractivity contribution in [1.82, 2.24) is 28.9 Å². The molecule has 0 atom stereocenters. The van der Waals surface area contributed by atoms with E-state index in [4.69, 9.17) is 18.8 Å². The largest absolute Gasteiger partial charge is 0.598 e. The third-order valence-electron chi connectivity index (χ3n) is 12.5. The predicted octanol–water partition coefficient (Wildman–Crippen LogP) is 5.73. The summed E-state index contributed by atoms with van der Waals surface area (Å²) in [6.07, 6.45) is 11.2. The Morgan fingerprint density at radius 2 is 0.918 bits per heavy atom. The predicted molar refractivity (Wildman–Crippen MR) is 254 cm³/mol. The summed E-state index contributed by atoms with van der Waals surface area (Å²) in [5, 5.41) is 13.1. The van der Waals surface area contributed by atoms with Crippen molar-refractivity contribution >= 4 is 77.6 Å². The molecule has 0 aliphatic carbocycles. The molecule has 6 bridgehead atoms. The summed E-state index contributed by atoms with van der Waals surface area (Å²) >= 11 is 0. The van der Waals surface area contributed by atoms with E-state index in [0.29, 0.717) is 13.2 Å². The highest BCUT2D eigenvalue weighted by atomic mass is 28.4. The lowest BCUT2D eigenvalue weighted by Gasteiger charge is -2.36. The van der Waals surface area contributed by atoms with Gasteiger partial charge >= 0.3 is 8.88 Å². The molecule has 61 heavy (non-hydrogen) atoms. The zero-order valence-corrected chi connectivity index (χ0v) is 36.6. The number of likely N-dealkylation sites (N-methyl/N-ethyl adjacent to an activating group) is 2. The summed E-state index contributed by atoms with van der Waals surface area (Å²) in [7, 11) is 4.49. The van der Waals surface area contributed by atoms with E-state index in [0.717, 1.165) is 141 Å². The molecule has 2 N–H and O–H groups in total. The maximum Gasteiger partial charge on any atom is 0.598 e. The van der Waals surface area contributed by atoms with Crippen molar-refractivity contribution in [2.75, 3.05) is 80.7 Å². The van der Waals surface area contributed by atoms with Crippen molar-refractivity contribution in [2.24, 2.45) is 9.98 Å². The fourth-order valence-electron chi connectivity index (χ4n) is 9.44. The van der Waals surface area contributed by atoms with Crippen LogP contribution in [0.4, 0.5) is 0 Å². The first-order valence-electron chi connectivity index (χ1n) is 21.7. The number of nitrogens with one attached hydrogen (secondary N) is 2. The van der Waals surface area contributed by atoms with Crippen LogP contribution in [0.15, 0.2) is 107 Å². The Balaban J connectivity index is 1.33. The Labute approximate surface area is 358 Å². The molecule has 0 fully saturated rings. The number of hydrogen-bond acceptors (Lipinski definition) is 8. The number of benzene rings is 4. The zero-order valence-electron chi connectivity index (χ0n) is 35.6. The van der Waals surface area contributed by atoms with Gasteiger partial charge < -0.3 is 37.8 Å². The minimum atomic E-state index is -3.93. The first kappa shape index (κ1) is 39.6. The van der Waals surface area contributed by atoms with Crippen molar-refractivity contribution < 1.29 is 8.85 Å². The van der Waals surface area contributed by atoms with Gasteiger partial charge in [-0.3, -0.25) is 0 Å². The lowest BCUT2D eigenvalue weighted by atomic mass is 10.0. The molecule has 0 amide bonds. The second-order valence-electron chi connectivity index (χ2n) is 16.5. The Morgan fingerprint density at radius 3 is 1.36 bits per heavy atom. The van der Waals surface area contributed by atoms with Crippen molar-refractivity contribution in [3.05, 3.63) is 141 Å². The Kier molecular flexibility index (Phi) is 10.9. The number of aromatic nitrogens is 2. The molecule has 0 saturated carbocycles. The fraction of sp³-hybridized carbons (Fsp3) is 0.280.